The molecular formula is C11H18N4O. The van der Waals surface area contributed by atoms with Gasteiger partial charge in [0.1, 0.15) is 0 Å². The molecule has 16 heavy (non-hydrogen) atoms. The summed E-state index contributed by atoms with van der Waals surface area (Å²) in [6, 6.07) is 0. The van der Waals surface area contributed by atoms with Gasteiger partial charge in [0.2, 0.25) is 5.91 Å². The molecular weight excluding hydrogens is 204 g/mol. The second-order valence-corrected chi connectivity index (χ2v) is 4.13. The third-order valence-corrected chi connectivity index (χ3v) is 2.90. The minimum Gasteiger partial charge on any atom is -0.354 e. The van der Waals surface area contributed by atoms with Gasteiger partial charge < -0.3 is 15.2 Å². The maximum atomic E-state index is 11.8. The van der Waals surface area contributed by atoms with E-state index in [1.807, 2.05) is 10.8 Å². The molecule has 0 aliphatic carbocycles. The molecule has 0 radical (unpaired) electrons. The smallest absolute Gasteiger partial charge is 0.224 e. The lowest BCUT2D eigenvalue weighted by molar-refractivity contribution is -0.125. The van der Waals surface area contributed by atoms with E-state index in [0.717, 1.165) is 32.5 Å². The van der Waals surface area contributed by atoms with Gasteiger partial charge in [0.25, 0.3) is 0 Å². The Hall–Kier alpha value is -1.36. The number of imidazole rings is 1. The molecule has 88 valence electrons. The zero-order valence-electron chi connectivity index (χ0n) is 9.35. The van der Waals surface area contributed by atoms with Gasteiger partial charge >= 0.3 is 0 Å². The number of rotatable bonds is 4. The van der Waals surface area contributed by atoms with Crippen molar-refractivity contribution in [2.24, 2.45) is 5.92 Å². The van der Waals surface area contributed by atoms with Crippen molar-refractivity contribution in [1.29, 1.82) is 0 Å². The van der Waals surface area contributed by atoms with E-state index < -0.39 is 0 Å². The Morgan fingerprint density at radius 2 is 2.56 bits per heavy atom. The highest BCUT2D eigenvalue weighted by Crippen LogP contribution is 2.09. The lowest BCUT2D eigenvalue weighted by Crippen LogP contribution is -2.41. The fourth-order valence-electron chi connectivity index (χ4n) is 1.95. The SMILES string of the molecule is O=C(NCCn1ccnc1)[C@H]1CCCNC1. The average Bonchev–Trinajstić information content (AvgIpc) is 2.83. The first-order chi connectivity index (χ1) is 7.86. The summed E-state index contributed by atoms with van der Waals surface area (Å²) in [6.45, 7) is 3.31. The molecule has 1 saturated heterocycles. The molecule has 1 aromatic heterocycles. The Bertz CT molecular complexity index is 317. The predicted octanol–water partition coefficient (Wildman–Crippen LogP) is -0.00110. The van der Waals surface area contributed by atoms with Crippen LogP contribution in [-0.4, -0.2) is 35.1 Å². The molecule has 0 spiro atoms. The van der Waals surface area contributed by atoms with Gasteiger partial charge in [0, 0.05) is 32.0 Å². The summed E-state index contributed by atoms with van der Waals surface area (Å²) in [7, 11) is 0. The molecule has 5 heteroatoms. The zero-order chi connectivity index (χ0) is 11.2. The van der Waals surface area contributed by atoms with E-state index in [9.17, 15) is 4.79 Å². The van der Waals surface area contributed by atoms with Crippen molar-refractivity contribution < 1.29 is 4.79 Å². The van der Waals surface area contributed by atoms with Crippen molar-refractivity contribution in [2.75, 3.05) is 19.6 Å². The molecule has 1 aromatic rings. The van der Waals surface area contributed by atoms with E-state index in [4.69, 9.17) is 0 Å². The van der Waals surface area contributed by atoms with E-state index in [0.29, 0.717) is 6.54 Å². The summed E-state index contributed by atoms with van der Waals surface area (Å²) in [4.78, 5) is 15.7. The highest BCUT2D eigenvalue weighted by molar-refractivity contribution is 5.78. The molecule has 5 nitrogen and oxygen atoms in total. The zero-order valence-corrected chi connectivity index (χ0v) is 9.35. The van der Waals surface area contributed by atoms with Gasteiger partial charge in [-0.25, -0.2) is 4.98 Å². The van der Waals surface area contributed by atoms with Crippen LogP contribution in [0.25, 0.3) is 0 Å². The van der Waals surface area contributed by atoms with Crippen LogP contribution in [0.3, 0.4) is 0 Å². The predicted molar refractivity (Wildman–Crippen MR) is 60.8 cm³/mol. The van der Waals surface area contributed by atoms with E-state index in [2.05, 4.69) is 15.6 Å². The Morgan fingerprint density at radius 1 is 1.62 bits per heavy atom. The number of hydrogen-bond acceptors (Lipinski definition) is 3. The molecule has 1 aliphatic rings. The molecule has 0 bridgehead atoms. The topological polar surface area (TPSA) is 59.0 Å². The standard InChI is InChI=1S/C11H18N4O/c16-11(10-2-1-3-12-8-10)14-5-7-15-6-4-13-9-15/h4,6,9-10,12H,1-3,5,7-8H2,(H,14,16)/t10-/m0/s1. The van der Waals surface area contributed by atoms with Crippen LogP contribution >= 0.6 is 0 Å². The number of nitrogens with zero attached hydrogens (tertiary/aromatic N) is 2. The van der Waals surface area contributed by atoms with Crippen molar-refractivity contribution in [3.05, 3.63) is 18.7 Å². The minimum absolute atomic E-state index is 0.150. The summed E-state index contributed by atoms with van der Waals surface area (Å²) in [5, 5.41) is 6.21. The molecule has 1 aliphatic heterocycles. The maximum absolute atomic E-state index is 11.8. The summed E-state index contributed by atoms with van der Waals surface area (Å²) < 4.78 is 1.96. The van der Waals surface area contributed by atoms with Gasteiger partial charge in [0.15, 0.2) is 0 Å². The van der Waals surface area contributed by atoms with Crippen molar-refractivity contribution in [1.82, 2.24) is 20.2 Å². The Balaban J connectivity index is 1.67. The van der Waals surface area contributed by atoms with Crippen molar-refractivity contribution in [3.63, 3.8) is 0 Å². The second kappa shape index (κ2) is 5.65. The first-order valence-electron chi connectivity index (χ1n) is 5.80. The Kier molecular flexibility index (Phi) is 3.93. The van der Waals surface area contributed by atoms with E-state index >= 15 is 0 Å². The van der Waals surface area contributed by atoms with Crippen LogP contribution < -0.4 is 10.6 Å². The third-order valence-electron chi connectivity index (χ3n) is 2.90. The average molecular weight is 222 g/mol. The van der Waals surface area contributed by atoms with Crippen molar-refractivity contribution in [3.8, 4) is 0 Å². The van der Waals surface area contributed by atoms with Crippen LogP contribution in [0.4, 0.5) is 0 Å². The van der Waals surface area contributed by atoms with E-state index in [1.165, 1.54) is 0 Å². The largest absolute Gasteiger partial charge is 0.354 e. The lowest BCUT2D eigenvalue weighted by Gasteiger charge is -2.21. The first-order valence-corrected chi connectivity index (χ1v) is 5.80. The van der Waals surface area contributed by atoms with Crippen molar-refractivity contribution in [2.45, 2.75) is 19.4 Å². The van der Waals surface area contributed by atoms with Crippen LogP contribution in [0.5, 0.6) is 0 Å². The van der Waals surface area contributed by atoms with Gasteiger partial charge in [-0.1, -0.05) is 0 Å². The number of amides is 1. The monoisotopic (exact) mass is 222 g/mol. The molecule has 1 amide bonds. The van der Waals surface area contributed by atoms with Crippen LogP contribution in [-0.2, 0) is 11.3 Å². The summed E-state index contributed by atoms with van der Waals surface area (Å²) in [5.41, 5.74) is 0. The molecule has 2 rings (SSSR count). The molecule has 0 saturated carbocycles. The number of hydrogen-bond donors (Lipinski definition) is 2. The quantitative estimate of drug-likeness (QED) is 0.754. The molecule has 2 N–H and O–H groups in total. The second-order valence-electron chi connectivity index (χ2n) is 4.13. The van der Waals surface area contributed by atoms with Gasteiger partial charge in [-0.15, -0.1) is 0 Å². The summed E-state index contributed by atoms with van der Waals surface area (Å²) in [5.74, 6) is 0.323. The number of piperidine rings is 1. The highest BCUT2D eigenvalue weighted by atomic mass is 16.1. The number of carbonyl (C=O) groups excluding carboxylic acids is 1. The number of carbonyl (C=O) groups is 1. The fraction of sp³-hybridized carbons (Fsp3) is 0.636. The van der Waals surface area contributed by atoms with Gasteiger partial charge in [-0.05, 0) is 19.4 Å². The first kappa shape index (κ1) is 11.1. The van der Waals surface area contributed by atoms with Crippen LogP contribution in [0.1, 0.15) is 12.8 Å². The Labute approximate surface area is 95.2 Å². The molecule has 2 heterocycles. The van der Waals surface area contributed by atoms with Crippen LogP contribution in [0.2, 0.25) is 0 Å². The van der Waals surface area contributed by atoms with Gasteiger partial charge in [-0.3, -0.25) is 4.79 Å². The molecule has 1 atom stereocenters. The fourth-order valence-corrected chi connectivity index (χ4v) is 1.95. The Morgan fingerprint density at radius 3 is 3.25 bits per heavy atom. The van der Waals surface area contributed by atoms with E-state index in [-0.39, 0.29) is 11.8 Å². The summed E-state index contributed by atoms with van der Waals surface area (Å²) in [6.07, 6.45) is 7.50. The highest BCUT2D eigenvalue weighted by Gasteiger charge is 2.19. The number of aromatic nitrogens is 2. The lowest BCUT2D eigenvalue weighted by atomic mass is 9.99. The van der Waals surface area contributed by atoms with E-state index in [1.54, 1.807) is 12.5 Å². The van der Waals surface area contributed by atoms with Crippen LogP contribution in [0.15, 0.2) is 18.7 Å². The summed E-state index contributed by atoms with van der Waals surface area (Å²) >= 11 is 0. The normalized spacial score (nSPS) is 20.6. The molecule has 0 aromatic carbocycles. The number of nitrogens with one attached hydrogen (secondary N) is 2. The molecule has 0 unspecified atom stereocenters. The third kappa shape index (κ3) is 3.06. The van der Waals surface area contributed by atoms with Crippen LogP contribution in [0, 0.1) is 5.92 Å². The van der Waals surface area contributed by atoms with Gasteiger partial charge in [-0.2, -0.15) is 0 Å². The van der Waals surface area contributed by atoms with Crippen molar-refractivity contribution >= 4 is 5.91 Å². The molecule has 1 fully saturated rings. The minimum atomic E-state index is 0.150. The maximum Gasteiger partial charge on any atom is 0.224 e. The van der Waals surface area contributed by atoms with Gasteiger partial charge in [0.05, 0.1) is 12.2 Å².